The van der Waals surface area contributed by atoms with Crippen LogP contribution >= 0.6 is 0 Å². The smallest absolute Gasteiger partial charge is 0.328 e. The summed E-state index contributed by atoms with van der Waals surface area (Å²) in [6, 6.07) is 5.23. The molecule has 1 fully saturated rings. The van der Waals surface area contributed by atoms with Gasteiger partial charge in [0.25, 0.3) is 0 Å². The summed E-state index contributed by atoms with van der Waals surface area (Å²) in [6.45, 7) is 6.58. The lowest BCUT2D eigenvalue weighted by Crippen LogP contribution is -2.53. The minimum absolute atomic E-state index is 0.0774. The molecule has 2 N–H and O–H groups in total. The molecule has 2 aliphatic rings. The van der Waals surface area contributed by atoms with Gasteiger partial charge in [0, 0.05) is 11.8 Å². The Morgan fingerprint density at radius 1 is 1.33 bits per heavy atom. The number of esters is 1. The first-order valence-electron chi connectivity index (χ1n) is 8.91. The van der Waals surface area contributed by atoms with E-state index in [2.05, 4.69) is 4.90 Å². The highest BCUT2D eigenvalue weighted by Gasteiger charge is 2.37. The van der Waals surface area contributed by atoms with Crippen LogP contribution < -0.4 is 15.4 Å². The van der Waals surface area contributed by atoms with Gasteiger partial charge in [-0.2, -0.15) is 0 Å². The van der Waals surface area contributed by atoms with Gasteiger partial charge >= 0.3 is 5.97 Å². The minimum atomic E-state index is -0.389. The number of carbonyl (C=O) groups excluding carboxylic acids is 1. The molecule has 0 spiro atoms. The minimum Gasteiger partial charge on any atom is -0.484 e. The highest BCUT2D eigenvalue weighted by molar-refractivity contribution is 5.81. The number of fused-ring (bicyclic) bond motifs is 1. The molecule has 3 rings (SSSR count). The topological polar surface area (TPSA) is 64.8 Å². The molecule has 1 heterocycles. The van der Waals surface area contributed by atoms with Crippen molar-refractivity contribution in [2.24, 2.45) is 0 Å². The van der Waals surface area contributed by atoms with Crippen LogP contribution in [0.2, 0.25) is 0 Å². The predicted octanol–water partition coefficient (Wildman–Crippen LogP) is 3.51. The van der Waals surface area contributed by atoms with Crippen LogP contribution in [0.4, 0.5) is 11.4 Å². The average Bonchev–Trinajstić information content (AvgIpc) is 2.53. The molecule has 0 bridgehead atoms. The molecule has 0 saturated heterocycles. The van der Waals surface area contributed by atoms with Crippen LogP contribution in [-0.4, -0.2) is 30.3 Å². The van der Waals surface area contributed by atoms with E-state index >= 15 is 0 Å². The van der Waals surface area contributed by atoms with Gasteiger partial charge in [0.1, 0.15) is 23.5 Å². The summed E-state index contributed by atoms with van der Waals surface area (Å²) in [5.41, 5.74) is 7.05. The third-order valence-corrected chi connectivity index (χ3v) is 4.87. The Morgan fingerprint density at radius 2 is 2.04 bits per heavy atom. The predicted molar refractivity (Wildman–Crippen MR) is 95.3 cm³/mol. The zero-order valence-electron chi connectivity index (χ0n) is 14.9. The van der Waals surface area contributed by atoms with Crippen molar-refractivity contribution in [3.63, 3.8) is 0 Å². The van der Waals surface area contributed by atoms with Gasteiger partial charge in [-0.1, -0.05) is 6.42 Å². The van der Waals surface area contributed by atoms with Gasteiger partial charge in [0.15, 0.2) is 0 Å². The standard InChI is InChI=1S/C19H28N2O3/c1-13(18(22)23-15-7-5-4-6-8-15)21-12-19(2,3)24-17-11-14(20)9-10-16(17)21/h9-11,13,15H,4-8,12,20H2,1-3H3. The van der Waals surface area contributed by atoms with Crippen LogP contribution in [0.15, 0.2) is 18.2 Å². The quantitative estimate of drug-likeness (QED) is 0.678. The van der Waals surface area contributed by atoms with E-state index in [0.717, 1.165) is 37.1 Å². The lowest BCUT2D eigenvalue weighted by molar-refractivity contribution is -0.151. The molecule has 5 nitrogen and oxygen atoms in total. The molecule has 132 valence electrons. The fourth-order valence-electron chi connectivity index (χ4n) is 3.59. The van der Waals surface area contributed by atoms with Gasteiger partial charge < -0.3 is 20.1 Å². The van der Waals surface area contributed by atoms with Crippen LogP contribution in [0.25, 0.3) is 0 Å². The normalized spacial score (nSPS) is 21.5. The van der Waals surface area contributed by atoms with E-state index < -0.39 is 0 Å². The first-order valence-corrected chi connectivity index (χ1v) is 8.91. The van der Waals surface area contributed by atoms with Crippen molar-refractivity contribution in [2.45, 2.75) is 70.6 Å². The number of hydrogen-bond donors (Lipinski definition) is 1. The van der Waals surface area contributed by atoms with Crippen molar-refractivity contribution in [3.05, 3.63) is 18.2 Å². The molecular formula is C19H28N2O3. The summed E-state index contributed by atoms with van der Waals surface area (Å²) in [7, 11) is 0. The maximum absolute atomic E-state index is 12.7. The number of ether oxygens (including phenoxy) is 2. The second kappa shape index (κ2) is 6.54. The Morgan fingerprint density at radius 3 is 2.75 bits per heavy atom. The maximum Gasteiger partial charge on any atom is 0.328 e. The molecular weight excluding hydrogens is 304 g/mol. The summed E-state index contributed by atoms with van der Waals surface area (Å²) in [5, 5.41) is 0. The van der Waals surface area contributed by atoms with Gasteiger partial charge in [0.05, 0.1) is 12.2 Å². The van der Waals surface area contributed by atoms with Crippen LogP contribution in [0.5, 0.6) is 5.75 Å². The van der Waals surface area contributed by atoms with Crippen LogP contribution in [-0.2, 0) is 9.53 Å². The molecule has 1 aliphatic carbocycles. The van der Waals surface area contributed by atoms with Crippen molar-refractivity contribution in [1.29, 1.82) is 0 Å². The van der Waals surface area contributed by atoms with Gasteiger partial charge in [-0.25, -0.2) is 4.79 Å². The molecule has 0 radical (unpaired) electrons. The van der Waals surface area contributed by atoms with E-state index in [1.165, 1.54) is 6.42 Å². The molecule has 5 heteroatoms. The lowest BCUT2D eigenvalue weighted by Gasteiger charge is -2.43. The summed E-state index contributed by atoms with van der Waals surface area (Å²) in [4.78, 5) is 14.7. The second-order valence-corrected chi connectivity index (χ2v) is 7.59. The fourth-order valence-corrected chi connectivity index (χ4v) is 3.59. The highest BCUT2D eigenvalue weighted by Crippen LogP contribution is 2.39. The first kappa shape index (κ1) is 16.9. The number of anilines is 2. The molecule has 0 amide bonds. The summed E-state index contributed by atoms with van der Waals surface area (Å²) >= 11 is 0. The zero-order chi connectivity index (χ0) is 17.3. The third kappa shape index (κ3) is 3.60. The van der Waals surface area contributed by atoms with Crippen LogP contribution in [0.1, 0.15) is 52.9 Å². The van der Waals surface area contributed by atoms with E-state index in [9.17, 15) is 4.79 Å². The molecule has 1 saturated carbocycles. The molecule has 1 aromatic carbocycles. The Hall–Kier alpha value is -1.91. The molecule has 1 aromatic rings. The SMILES string of the molecule is CC(C(=O)OC1CCCCC1)N1CC(C)(C)Oc2cc(N)ccc21. The monoisotopic (exact) mass is 332 g/mol. The van der Waals surface area contributed by atoms with Crippen LogP contribution in [0.3, 0.4) is 0 Å². The number of carbonyl (C=O) groups is 1. The van der Waals surface area contributed by atoms with E-state index in [1.54, 1.807) is 0 Å². The highest BCUT2D eigenvalue weighted by atomic mass is 16.5. The van der Waals surface area contributed by atoms with Crippen molar-refractivity contribution >= 4 is 17.3 Å². The summed E-state index contributed by atoms with van der Waals surface area (Å²) in [6.07, 6.45) is 5.60. The van der Waals surface area contributed by atoms with E-state index in [4.69, 9.17) is 15.2 Å². The van der Waals surface area contributed by atoms with E-state index in [0.29, 0.717) is 12.2 Å². The Bertz CT molecular complexity index is 609. The summed E-state index contributed by atoms with van der Waals surface area (Å²) < 4.78 is 11.8. The first-order chi connectivity index (χ1) is 11.4. The number of nitrogens with zero attached hydrogens (tertiary/aromatic N) is 1. The number of rotatable bonds is 3. The number of benzene rings is 1. The van der Waals surface area contributed by atoms with Gasteiger partial charge in [0.2, 0.25) is 0 Å². The summed E-state index contributed by atoms with van der Waals surface area (Å²) in [5.74, 6) is 0.575. The fraction of sp³-hybridized carbons (Fsp3) is 0.632. The van der Waals surface area contributed by atoms with E-state index in [-0.39, 0.29) is 23.7 Å². The zero-order valence-corrected chi connectivity index (χ0v) is 14.9. The Balaban J connectivity index is 1.78. The Labute approximate surface area is 144 Å². The van der Waals surface area contributed by atoms with Gasteiger partial charge in [-0.3, -0.25) is 0 Å². The number of hydrogen-bond acceptors (Lipinski definition) is 5. The lowest BCUT2D eigenvalue weighted by atomic mass is 9.97. The third-order valence-electron chi connectivity index (χ3n) is 4.87. The Kier molecular flexibility index (Phi) is 4.61. The van der Waals surface area contributed by atoms with E-state index in [1.807, 2.05) is 39.0 Å². The van der Waals surface area contributed by atoms with Crippen molar-refractivity contribution in [2.75, 3.05) is 17.2 Å². The largest absolute Gasteiger partial charge is 0.484 e. The molecule has 1 aliphatic heterocycles. The average molecular weight is 332 g/mol. The molecule has 24 heavy (non-hydrogen) atoms. The van der Waals surface area contributed by atoms with Gasteiger partial charge in [-0.05, 0) is 58.6 Å². The van der Waals surface area contributed by atoms with Crippen molar-refractivity contribution < 1.29 is 14.3 Å². The molecule has 1 atom stereocenters. The molecule has 1 unspecified atom stereocenters. The maximum atomic E-state index is 12.7. The van der Waals surface area contributed by atoms with Crippen molar-refractivity contribution in [3.8, 4) is 5.75 Å². The van der Waals surface area contributed by atoms with Crippen LogP contribution in [0, 0.1) is 0 Å². The second-order valence-electron chi connectivity index (χ2n) is 7.59. The van der Waals surface area contributed by atoms with Gasteiger partial charge in [-0.15, -0.1) is 0 Å². The molecule has 0 aromatic heterocycles. The number of nitrogens with two attached hydrogens (primary N) is 1. The van der Waals surface area contributed by atoms with Crippen molar-refractivity contribution in [1.82, 2.24) is 0 Å². The number of nitrogen functional groups attached to an aromatic ring is 1.